The molecule has 1 N–H and O–H groups in total. The molecule has 2 atom stereocenters. The molecular formula is C18H20FN3O3. The third-order valence-electron chi connectivity index (χ3n) is 4.67. The maximum Gasteiger partial charge on any atom is 0.308 e. The number of nitrogens with zero attached hydrogens (tertiary/aromatic N) is 3. The monoisotopic (exact) mass is 345 g/mol. The average Bonchev–Trinajstić information content (AvgIpc) is 3.00. The molecule has 0 spiro atoms. The van der Waals surface area contributed by atoms with Gasteiger partial charge in [-0.25, -0.2) is 4.39 Å². The zero-order chi connectivity index (χ0) is 18.0. The van der Waals surface area contributed by atoms with Gasteiger partial charge in [0, 0.05) is 31.8 Å². The fraction of sp³-hybridized carbons (Fsp3) is 0.389. The maximum atomic E-state index is 13.9. The number of aliphatic carboxylic acids is 1. The number of amides is 1. The number of benzene rings is 1. The second-order valence-corrected chi connectivity index (χ2v) is 6.30. The summed E-state index contributed by atoms with van der Waals surface area (Å²) in [5, 5.41) is 13.7. The van der Waals surface area contributed by atoms with Crippen LogP contribution in [0.15, 0.2) is 36.7 Å². The van der Waals surface area contributed by atoms with Crippen LogP contribution in [-0.4, -0.2) is 38.2 Å². The maximum absolute atomic E-state index is 13.9. The van der Waals surface area contributed by atoms with Crippen LogP contribution in [0, 0.1) is 11.7 Å². The second-order valence-electron chi connectivity index (χ2n) is 6.30. The molecule has 1 fully saturated rings. The average molecular weight is 345 g/mol. The van der Waals surface area contributed by atoms with Gasteiger partial charge in [-0.3, -0.25) is 14.3 Å². The number of aromatic nitrogens is 2. The van der Waals surface area contributed by atoms with E-state index >= 15 is 0 Å². The van der Waals surface area contributed by atoms with Crippen LogP contribution in [0.3, 0.4) is 0 Å². The van der Waals surface area contributed by atoms with Crippen molar-refractivity contribution in [1.29, 1.82) is 0 Å². The summed E-state index contributed by atoms with van der Waals surface area (Å²) >= 11 is 0. The summed E-state index contributed by atoms with van der Waals surface area (Å²) in [4.78, 5) is 25.7. The van der Waals surface area contributed by atoms with Crippen molar-refractivity contribution in [2.24, 2.45) is 13.0 Å². The van der Waals surface area contributed by atoms with E-state index in [-0.39, 0.29) is 24.7 Å². The number of carboxylic acids is 1. The number of hydrogen-bond acceptors (Lipinski definition) is 3. The molecule has 25 heavy (non-hydrogen) atoms. The number of halogens is 1. The Balaban J connectivity index is 1.88. The largest absolute Gasteiger partial charge is 0.481 e. The van der Waals surface area contributed by atoms with E-state index < -0.39 is 17.9 Å². The standard InChI is InChI=1S/C18H20FN3O3/c1-21-11-13(10-20-21)17-14(18(24)25)6-7-16(23)22(17)9-8-12-4-2-3-5-15(12)19/h2-5,10-11,14,17H,6-9H2,1H3,(H,24,25)/t14-,17+/m0/s1. The first-order valence-electron chi connectivity index (χ1n) is 8.21. The van der Waals surface area contributed by atoms with Crippen molar-refractivity contribution in [2.75, 3.05) is 6.54 Å². The van der Waals surface area contributed by atoms with Gasteiger partial charge in [0.1, 0.15) is 5.82 Å². The molecule has 1 aromatic carbocycles. The summed E-state index contributed by atoms with van der Waals surface area (Å²) in [6.45, 7) is 0.267. The van der Waals surface area contributed by atoms with Crippen LogP contribution in [0.4, 0.5) is 4.39 Å². The predicted octanol–water partition coefficient (Wildman–Crippen LogP) is 2.17. The lowest BCUT2D eigenvalue weighted by atomic mass is 9.85. The van der Waals surface area contributed by atoms with Gasteiger partial charge in [-0.1, -0.05) is 18.2 Å². The Morgan fingerprint density at radius 1 is 1.40 bits per heavy atom. The number of carbonyl (C=O) groups is 2. The highest BCUT2D eigenvalue weighted by Crippen LogP contribution is 2.36. The molecule has 2 aromatic rings. The lowest BCUT2D eigenvalue weighted by Gasteiger charge is -2.39. The minimum absolute atomic E-state index is 0.109. The van der Waals surface area contributed by atoms with Crippen LogP contribution in [0.5, 0.6) is 0 Å². The molecule has 7 heteroatoms. The van der Waals surface area contributed by atoms with E-state index in [1.807, 2.05) is 0 Å². The lowest BCUT2D eigenvalue weighted by molar-refractivity contribution is -0.152. The number of likely N-dealkylation sites (tertiary alicyclic amines) is 1. The van der Waals surface area contributed by atoms with E-state index in [0.29, 0.717) is 24.0 Å². The molecule has 2 heterocycles. The Labute approximate surface area is 144 Å². The molecule has 1 aliphatic heterocycles. The van der Waals surface area contributed by atoms with Gasteiger partial charge in [0.05, 0.1) is 18.2 Å². The topological polar surface area (TPSA) is 75.4 Å². The van der Waals surface area contributed by atoms with E-state index in [9.17, 15) is 19.1 Å². The quantitative estimate of drug-likeness (QED) is 0.901. The molecule has 1 amide bonds. The number of aryl methyl sites for hydroxylation is 1. The molecule has 0 saturated carbocycles. The van der Waals surface area contributed by atoms with E-state index in [2.05, 4.69) is 5.10 Å². The smallest absolute Gasteiger partial charge is 0.308 e. The van der Waals surface area contributed by atoms with Crippen LogP contribution in [0.25, 0.3) is 0 Å². The molecule has 0 unspecified atom stereocenters. The third kappa shape index (κ3) is 3.55. The van der Waals surface area contributed by atoms with Gasteiger partial charge >= 0.3 is 5.97 Å². The molecule has 1 aromatic heterocycles. The highest BCUT2D eigenvalue weighted by Gasteiger charge is 2.41. The number of rotatable bonds is 5. The van der Waals surface area contributed by atoms with Gasteiger partial charge < -0.3 is 10.0 Å². The van der Waals surface area contributed by atoms with Gasteiger partial charge in [0.15, 0.2) is 0 Å². The molecule has 0 radical (unpaired) electrons. The zero-order valence-corrected chi connectivity index (χ0v) is 13.9. The summed E-state index contributed by atoms with van der Waals surface area (Å²) in [5.41, 5.74) is 1.20. The summed E-state index contributed by atoms with van der Waals surface area (Å²) in [5.74, 6) is -2.05. The van der Waals surface area contributed by atoms with Gasteiger partial charge in [0.2, 0.25) is 5.91 Å². The summed E-state index contributed by atoms with van der Waals surface area (Å²) in [6, 6.07) is 5.83. The molecule has 1 saturated heterocycles. The van der Waals surface area contributed by atoms with Crippen molar-refractivity contribution in [3.8, 4) is 0 Å². The summed E-state index contributed by atoms with van der Waals surface area (Å²) in [7, 11) is 1.74. The minimum Gasteiger partial charge on any atom is -0.481 e. The van der Waals surface area contributed by atoms with Gasteiger partial charge in [-0.2, -0.15) is 5.10 Å². The van der Waals surface area contributed by atoms with Crippen molar-refractivity contribution in [3.63, 3.8) is 0 Å². The Hall–Kier alpha value is -2.70. The van der Waals surface area contributed by atoms with Crippen molar-refractivity contribution in [2.45, 2.75) is 25.3 Å². The van der Waals surface area contributed by atoms with Crippen molar-refractivity contribution < 1.29 is 19.1 Å². The molecule has 1 aliphatic rings. The summed E-state index contributed by atoms with van der Waals surface area (Å²) in [6.07, 6.45) is 4.14. The molecule has 0 bridgehead atoms. The third-order valence-corrected chi connectivity index (χ3v) is 4.67. The Morgan fingerprint density at radius 3 is 2.80 bits per heavy atom. The summed E-state index contributed by atoms with van der Waals surface area (Å²) < 4.78 is 15.4. The van der Waals surface area contributed by atoms with Gasteiger partial charge in [-0.05, 0) is 24.5 Å². The van der Waals surface area contributed by atoms with E-state index in [1.165, 1.54) is 6.07 Å². The first kappa shape index (κ1) is 17.1. The fourth-order valence-electron chi connectivity index (χ4n) is 3.42. The van der Waals surface area contributed by atoms with Gasteiger partial charge in [-0.15, -0.1) is 0 Å². The van der Waals surface area contributed by atoms with Crippen LogP contribution in [-0.2, 0) is 23.1 Å². The van der Waals surface area contributed by atoms with Crippen molar-refractivity contribution >= 4 is 11.9 Å². The molecule has 132 valence electrons. The van der Waals surface area contributed by atoms with Gasteiger partial charge in [0.25, 0.3) is 0 Å². The predicted molar refractivity (Wildman–Crippen MR) is 88.1 cm³/mol. The normalized spacial score (nSPS) is 20.7. The molecular weight excluding hydrogens is 325 g/mol. The number of carbonyl (C=O) groups excluding carboxylic acids is 1. The van der Waals surface area contributed by atoms with E-state index in [4.69, 9.17) is 0 Å². The Kier molecular flexibility index (Phi) is 4.83. The zero-order valence-electron chi connectivity index (χ0n) is 13.9. The first-order valence-corrected chi connectivity index (χ1v) is 8.21. The Bertz CT molecular complexity index is 789. The highest BCUT2D eigenvalue weighted by atomic mass is 19.1. The first-order chi connectivity index (χ1) is 12.0. The number of piperidine rings is 1. The number of hydrogen-bond donors (Lipinski definition) is 1. The van der Waals surface area contributed by atoms with E-state index in [0.717, 1.165) is 0 Å². The second kappa shape index (κ2) is 7.04. The lowest BCUT2D eigenvalue weighted by Crippen LogP contribution is -2.46. The van der Waals surface area contributed by atoms with E-state index in [1.54, 1.807) is 47.2 Å². The van der Waals surface area contributed by atoms with Crippen molar-refractivity contribution in [1.82, 2.24) is 14.7 Å². The Morgan fingerprint density at radius 2 is 2.16 bits per heavy atom. The van der Waals surface area contributed by atoms with Crippen LogP contribution < -0.4 is 0 Å². The molecule has 0 aliphatic carbocycles. The number of carboxylic acid groups (broad SMARTS) is 1. The molecule has 3 rings (SSSR count). The van der Waals surface area contributed by atoms with Crippen LogP contribution in [0.2, 0.25) is 0 Å². The van der Waals surface area contributed by atoms with Crippen LogP contribution in [0.1, 0.15) is 30.0 Å². The highest BCUT2D eigenvalue weighted by molar-refractivity contribution is 5.81. The van der Waals surface area contributed by atoms with Crippen LogP contribution >= 0.6 is 0 Å². The SMILES string of the molecule is Cn1cc([C@@H]2[C@@H](C(=O)O)CCC(=O)N2CCc2ccccc2F)cn1. The minimum atomic E-state index is -0.933. The fourth-order valence-corrected chi connectivity index (χ4v) is 3.42. The van der Waals surface area contributed by atoms with Crippen molar-refractivity contribution in [3.05, 3.63) is 53.6 Å². The molecule has 6 nitrogen and oxygen atoms in total.